The van der Waals surface area contributed by atoms with Crippen molar-refractivity contribution in [1.29, 1.82) is 5.26 Å². The molecule has 0 radical (unpaired) electrons. The second kappa shape index (κ2) is 7.90. The number of nitrogens with zero attached hydrogens (tertiary/aromatic N) is 3. The van der Waals surface area contributed by atoms with Crippen LogP contribution in [0.4, 0.5) is 0 Å². The van der Waals surface area contributed by atoms with Gasteiger partial charge in [0.25, 0.3) is 0 Å². The minimum Gasteiger partial charge on any atom is -0.458 e. The van der Waals surface area contributed by atoms with Crippen LogP contribution in [0.25, 0.3) is 0 Å². The first-order valence-electron chi connectivity index (χ1n) is 13.4. The van der Waals surface area contributed by atoms with Crippen LogP contribution in [0.2, 0.25) is 0 Å². The summed E-state index contributed by atoms with van der Waals surface area (Å²) in [5.74, 6) is 0.999. The maximum absolute atomic E-state index is 13.9. The monoisotopic (exact) mass is 485 g/mol. The highest BCUT2D eigenvalue weighted by Crippen LogP contribution is 2.65. The van der Waals surface area contributed by atoms with E-state index < -0.39 is 23.2 Å². The second-order valence-corrected chi connectivity index (χ2v) is 13.6. The summed E-state index contributed by atoms with van der Waals surface area (Å²) < 4.78 is 6.48. The van der Waals surface area contributed by atoms with Crippen LogP contribution in [-0.4, -0.2) is 77.6 Å². The third-order valence-electron chi connectivity index (χ3n) is 10.5. The fourth-order valence-corrected chi connectivity index (χ4v) is 9.02. The van der Waals surface area contributed by atoms with Gasteiger partial charge in [0.05, 0.1) is 12.1 Å². The molecular weight excluding hydrogens is 442 g/mol. The minimum absolute atomic E-state index is 0.0649. The number of nitrogens with one attached hydrogen (secondary N) is 1. The standard InChI is InChI=1S/C27H43N5O3/c1-24(2,30-4)21(31(5)6)23(34)35-27-11-16-7-17(12-27)10-26(9-16,15-27)20(29)22(33)32-19(14-28)8-18-13-25(18,32)3/h16-21,30H,7-13,15,29H2,1-6H3. The molecule has 7 atom stereocenters. The normalized spacial score (nSPS) is 43.0. The smallest absolute Gasteiger partial charge is 0.325 e. The highest BCUT2D eigenvalue weighted by atomic mass is 16.6. The first kappa shape index (κ1) is 25.0. The zero-order valence-electron chi connectivity index (χ0n) is 22.3. The molecule has 5 aliphatic carbocycles. The molecule has 0 spiro atoms. The molecule has 6 aliphatic rings. The number of likely N-dealkylation sites (N-methyl/N-ethyl adjacent to an activating group) is 2. The number of likely N-dealkylation sites (tertiary alicyclic amines) is 1. The quantitative estimate of drug-likeness (QED) is 0.531. The Morgan fingerprint density at radius 2 is 1.80 bits per heavy atom. The lowest BCUT2D eigenvalue weighted by molar-refractivity contribution is -0.211. The fourth-order valence-electron chi connectivity index (χ4n) is 9.02. The van der Waals surface area contributed by atoms with Crippen LogP contribution in [0, 0.1) is 34.5 Å². The lowest BCUT2D eigenvalue weighted by atomic mass is 9.46. The van der Waals surface area contributed by atoms with Gasteiger partial charge in [-0.1, -0.05) is 0 Å². The van der Waals surface area contributed by atoms with Gasteiger partial charge < -0.3 is 20.7 Å². The molecule has 7 unspecified atom stereocenters. The summed E-state index contributed by atoms with van der Waals surface area (Å²) in [4.78, 5) is 31.3. The molecule has 35 heavy (non-hydrogen) atoms. The van der Waals surface area contributed by atoms with Gasteiger partial charge in [-0.15, -0.1) is 0 Å². The molecule has 1 amide bonds. The maximum atomic E-state index is 13.9. The number of piperidine rings is 1. The number of fused-ring (bicyclic) bond motifs is 1. The zero-order valence-corrected chi connectivity index (χ0v) is 22.3. The van der Waals surface area contributed by atoms with E-state index >= 15 is 0 Å². The molecule has 3 N–H and O–H groups in total. The van der Waals surface area contributed by atoms with E-state index in [1.165, 1.54) is 0 Å². The van der Waals surface area contributed by atoms with E-state index in [0.717, 1.165) is 44.9 Å². The van der Waals surface area contributed by atoms with Crippen molar-refractivity contribution < 1.29 is 14.3 Å². The zero-order chi connectivity index (χ0) is 25.6. The largest absolute Gasteiger partial charge is 0.458 e. The van der Waals surface area contributed by atoms with Crippen molar-refractivity contribution in [2.45, 2.75) is 107 Å². The molecule has 0 aromatic rings. The van der Waals surface area contributed by atoms with Gasteiger partial charge in [-0.25, -0.2) is 0 Å². The average Bonchev–Trinajstić information content (AvgIpc) is 3.31. The van der Waals surface area contributed by atoms with Gasteiger partial charge in [0, 0.05) is 11.1 Å². The molecule has 1 aliphatic heterocycles. The summed E-state index contributed by atoms with van der Waals surface area (Å²) in [7, 11) is 5.69. The molecule has 194 valence electrons. The molecule has 4 bridgehead atoms. The Morgan fingerprint density at radius 3 is 2.34 bits per heavy atom. The highest BCUT2D eigenvalue weighted by molar-refractivity contribution is 5.85. The van der Waals surface area contributed by atoms with E-state index in [-0.39, 0.29) is 28.9 Å². The molecule has 5 saturated carbocycles. The molecule has 0 aromatic carbocycles. The molecule has 1 saturated heterocycles. The van der Waals surface area contributed by atoms with Gasteiger partial charge in [-0.05, 0) is 116 Å². The van der Waals surface area contributed by atoms with E-state index in [0.29, 0.717) is 24.2 Å². The maximum Gasteiger partial charge on any atom is 0.325 e. The summed E-state index contributed by atoms with van der Waals surface area (Å²) >= 11 is 0. The fraction of sp³-hybridized carbons (Fsp3) is 0.889. The van der Waals surface area contributed by atoms with Crippen molar-refractivity contribution in [1.82, 2.24) is 15.1 Å². The predicted octanol–water partition coefficient (Wildman–Crippen LogP) is 2.03. The Morgan fingerprint density at radius 1 is 1.17 bits per heavy atom. The number of esters is 1. The van der Waals surface area contributed by atoms with Gasteiger partial charge in [0.15, 0.2) is 0 Å². The number of nitrogens with two attached hydrogens (primary N) is 1. The van der Waals surface area contributed by atoms with Crippen LogP contribution < -0.4 is 11.1 Å². The van der Waals surface area contributed by atoms with Crippen LogP contribution in [-0.2, 0) is 14.3 Å². The van der Waals surface area contributed by atoms with Crippen LogP contribution in [0.15, 0.2) is 0 Å². The molecule has 6 rings (SSSR count). The molecule has 6 fully saturated rings. The Hall–Kier alpha value is -1.69. The number of nitriles is 1. The number of amides is 1. The molecule has 0 aromatic heterocycles. The number of hydrogen-bond acceptors (Lipinski definition) is 7. The number of rotatable bonds is 7. The van der Waals surface area contributed by atoms with Crippen LogP contribution in [0.3, 0.4) is 0 Å². The Labute approximate surface area is 209 Å². The summed E-state index contributed by atoms with van der Waals surface area (Å²) in [6, 6.07) is 0.896. The second-order valence-electron chi connectivity index (χ2n) is 13.6. The van der Waals surface area contributed by atoms with Crippen molar-refractivity contribution >= 4 is 11.9 Å². The van der Waals surface area contributed by atoms with Gasteiger partial charge in [-0.2, -0.15) is 5.26 Å². The SMILES string of the molecule is CNC(C)(C)C(C(=O)OC12CC3CC(C1)CC(C(N)C(=O)N1C(C#N)CC4CC41C)(C3)C2)N(C)C. The van der Waals surface area contributed by atoms with E-state index in [1.807, 2.05) is 44.8 Å². The average molecular weight is 486 g/mol. The van der Waals surface area contributed by atoms with Gasteiger partial charge >= 0.3 is 5.97 Å². The van der Waals surface area contributed by atoms with Crippen molar-refractivity contribution in [3.05, 3.63) is 0 Å². The Balaban J connectivity index is 1.40. The van der Waals surface area contributed by atoms with E-state index in [1.54, 1.807) is 0 Å². The van der Waals surface area contributed by atoms with Crippen LogP contribution in [0.1, 0.15) is 72.1 Å². The lowest BCUT2D eigenvalue weighted by Gasteiger charge is -2.63. The first-order valence-corrected chi connectivity index (χ1v) is 13.4. The Bertz CT molecular complexity index is 943. The molecule has 8 heteroatoms. The van der Waals surface area contributed by atoms with E-state index in [2.05, 4.69) is 18.3 Å². The van der Waals surface area contributed by atoms with E-state index in [4.69, 9.17) is 10.5 Å². The van der Waals surface area contributed by atoms with E-state index in [9.17, 15) is 14.9 Å². The molecule has 1 heterocycles. The van der Waals surface area contributed by atoms with Gasteiger partial charge in [-0.3, -0.25) is 14.5 Å². The van der Waals surface area contributed by atoms with Crippen molar-refractivity contribution in [2.75, 3.05) is 21.1 Å². The summed E-state index contributed by atoms with van der Waals surface area (Å²) in [6.45, 7) is 6.14. The first-order chi connectivity index (χ1) is 16.3. The molecular formula is C27H43N5O3. The highest BCUT2D eigenvalue weighted by Gasteiger charge is 2.67. The number of carbonyl (C=O) groups excluding carboxylic acids is 2. The van der Waals surface area contributed by atoms with Crippen LogP contribution in [0.5, 0.6) is 0 Å². The Kier molecular flexibility index (Phi) is 5.64. The summed E-state index contributed by atoms with van der Waals surface area (Å²) in [5, 5.41) is 13.0. The van der Waals surface area contributed by atoms with Gasteiger partial charge in [0.1, 0.15) is 17.7 Å². The predicted molar refractivity (Wildman–Crippen MR) is 132 cm³/mol. The van der Waals surface area contributed by atoms with Crippen molar-refractivity contribution in [3.8, 4) is 6.07 Å². The topological polar surface area (TPSA) is 112 Å². The summed E-state index contributed by atoms with van der Waals surface area (Å²) in [5.41, 5.74) is 5.30. The third-order valence-corrected chi connectivity index (χ3v) is 10.5. The number of ether oxygens (including phenoxy) is 1. The third kappa shape index (κ3) is 3.72. The van der Waals surface area contributed by atoms with Crippen molar-refractivity contribution in [2.24, 2.45) is 28.9 Å². The van der Waals surface area contributed by atoms with Crippen LogP contribution >= 0.6 is 0 Å². The molecule has 8 nitrogen and oxygen atoms in total. The number of hydrogen-bond donors (Lipinski definition) is 2. The van der Waals surface area contributed by atoms with Gasteiger partial charge in [0.2, 0.25) is 5.91 Å². The minimum atomic E-state index is -0.656. The lowest BCUT2D eigenvalue weighted by Crippen LogP contribution is -2.67. The number of carbonyl (C=O) groups is 2. The summed E-state index contributed by atoms with van der Waals surface area (Å²) in [6.07, 6.45) is 7.07. The van der Waals surface area contributed by atoms with Crippen molar-refractivity contribution in [3.63, 3.8) is 0 Å².